The van der Waals surface area contributed by atoms with Crippen LogP contribution in [0.25, 0.3) is 0 Å². The van der Waals surface area contributed by atoms with Gasteiger partial charge in [-0.3, -0.25) is 4.79 Å². The summed E-state index contributed by atoms with van der Waals surface area (Å²) in [6, 6.07) is 2.72. The van der Waals surface area contributed by atoms with Gasteiger partial charge in [0.25, 0.3) is 0 Å². The lowest BCUT2D eigenvalue weighted by molar-refractivity contribution is -0.141. The average Bonchev–Trinajstić information content (AvgIpc) is 2.43. The molecule has 0 aromatic rings. The normalized spacial score (nSPS) is 39.4. The Bertz CT molecular complexity index is 397. The van der Waals surface area contributed by atoms with Crippen LogP contribution in [0, 0.1) is 40.9 Å². The molecule has 1 unspecified atom stereocenters. The zero-order valence-corrected chi connectivity index (χ0v) is 12.7. The van der Waals surface area contributed by atoms with E-state index in [1.807, 2.05) is 18.9 Å². The summed E-state index contributed by atoms with van der Waals surface area (Å²) in [4.78, 5) is 14.5. The smallest absolute Gasteiger partial charge is 0.223 e. The third-order valence-corrected chi connectivity index (χ3v) is 6.11. The number of nitrogens with zero attached hydrogens (tertiary/aromatic N) is 2. The molecule has 4 fully saturated rings. The van der Waals surface area contributed by atoms with Crippen molar-refractivity contribution in [3.8, 4) is 6.07 Å². The van der Waals surface area contributed by atoms with Gasteiger partial charge in [0.2, 0.25) is 5.91 Å². The van der Waals surface area contributed by atoms with Crippen molar-refractivity contribution < 1.29 is 4.79 Å². The molecule has 3 heteroatoms. The summed E-state index contributed by atoms with van der Waals surface area (Å²) in [6.45, 7) is 1.99. The summed E-state index contributed by atoms with van der Waals surface area (Å²) in [5.41, 5.74) is 0. The van der Waals surface area contributed by atoms with Gasteiger partial charge in [0.15, 0.2) is 0 Å². The number of carbonyl (C=O) groups excluding carboxylic acids is 1. The Hall–Kier alpha value is -1.04. The fourth-order valence-corrected chi connectivity index (χ4v) is 5.33. The molecule has 4 bridgehead atoms. The minimum Gasteiger partial charge on any atom is -0.342 e. The van der Waals surface area contributed by atoms with E-state index >= 15 is 0 Å². The van der Waals surface area contributed by atoms with Crippen molar-refractivity contribution in [2.45, 2.75) is 57.9 Å². The molecule has 3 nitrogen and oxygen atoms in total. The van der Waals surface area contributed by atoms with Gasteiger partial charge in [0.05, 0.1) is 12.0 Å². The number of carbonyl (C=O) groups is 1. The Labute approximate surface area is 122 Å². The number of rotatable bonds is 4. The van der Waals surface area contributed by atoms with E-state index in [-0.39, 0.29) is 11.8 Å². The van der Waals surface area contributed by atoms with Crippen LogP contribution in [-0.2, 0) is 4.79 Å². The average molecular weight is 274 g/mol. The van der Waals surface area contributed by atoms with Crippen LogP contribution in [0.4, 0.5) is 0 Å². The largest absolute Gasteiger partial charge is 0.342 e. The molecule has 0 heterocycles. The first-order chi connectivity index (χ1) is 9.62. The van der Waals surface area contributed by atoms with Crippen molar-refractivity contribution in [3.63, 3.8) is 0 Å². The second-order valence-corrected chi connectivity index (χ2v) is 7.36. The number of nitriles is 1. The minimum atomic E-state index is -0.109. The van der Waals surface area contributed by atoms with Gasteiger partial charge in [0.1, 0.15) is 0 Å². The predicted molar refractivity (Wildman–Crippen MR) is 77.6 cm³/mol. The first kappa shape index (κ1) is 13.9. The fraction of sp³-hybridized carbons (Fsp3) is 0.882. The molecule has 4 saturated carbocycles. The second kappa shape index (κ2) is 5.39. The minimum absolute atomic E-state index is 0.109. The SMILES string of the molecule is CCC(C#N)CC(=O)N(C)C1C2CC3CC(C2)CC1C3. The highest BCUT2D eigenvalue weighted by molar-refractivity contribution is 5.77. The molecule has 0 aromatic heterocycles. The van der Waals surface area contributed by atoms with E-state index in [1.54, 1.807) is 0 Å². The number of amides is 1. The standard InChI is InChI=1S/C17H26N2O/c1-3-11(10-18)9-16(20)19(2)17-14-5-12-4-13(7-14)8-15(17)6-12/h11-15,17H,3-9H2,1-2H3. The van der Waals surface area contributed by atoms with Crippen molar-refractivity contribution >= 4 is 5.91 Å². The van der Waals surface area contributed by atoms with Crippen molar-refractivity contribution in [2.24, 2.45) is 29.6 Å². The van der Waals surface area contributed by atoms with Crippen molar-refractivity contribution in [2.75, 3.05) is 7.05 Å². The lowest BCUT2D eigenvalue weighted by atomic mass is 9.54. The molecule has 0 spiro atoms. The zero-order chi connectivity index (χ0) is 14.3. The van der Waals surface area contributed by atoms with E-state index in [2.05, 4.69) is 6.07 Å². The highest BCUT2D eigenvalue weighted by Crippen LogP contribution is 2.55. The molecule has 4 aliphatic carbocycles. The molecule has 4 rings (SSSR count). The van der Waals surface area contributed by atoms with Crippen LogP contribution < -0.4 is 0 Å². The molecular formula is C17H26N2O. The molecule has 110 valence electrons. The summed E-state index contributed by atoms with van der Waals surface area (Å²) in [5, 5.41) is 9.05. The Morgan fingerprint density at radius 3 is 2.20 bits per heavy atom. The summed E-state index contributed by atoms with van der Waals surface area (Å²) in [6.07, 6.45) is 7.98. The van der Waals surface area contributed by atoms with E-state index in [0.29, 0.717) is 12.5 Å². The topological polar surface area (TPSA) is 44.1 Å². The van der Waals surface area contributed by atoms with Gasteiger partial charge >= 0.3 is 0 Å². The third kappa shape index (κ3) is 2.34. The fourth-order valence-electron chi connectivity index (χ4n) is 5.33. The lowest BCUT2D eigenvalue weighted by Crippen LogP contribution is -2.56. The molecule has 0 radical (unpaired) electrons. The predicted octanol–water partition coefficient (Wildman–Crippen LogP) is 3.21. The lowest BCUT2D eigenvalue weighted by Gasteiger charge is -2.56. The van der Waals surface area contributed by atoms with Gasteiger partial charge in [0, 0.05) is 19.5 Å². The molecule has 0 aromatic carbocycles. The number of hydrogen-bond acceptors (Lipinski definition) is 2. The molecule has 0 N–H and O–H groups in total. The Kier molecular flexibility index (Phi) is 3.75. The van der Waals surface area contributed by atoms with E-state index in [4.69, 9.17) is 5.26 Å². The first-order valence-corrected chi connectivity index (χ1v) is 8.27. The van der Waals surface area contributed by atoms with Crippen LogP contribution in [0.1, 0.15) is 51.9 Å². The summed E-state index contributed by atoms with van der Waals surface area (Å²) >= 11 is 0. The maximum absolute atomic E-state index is 12.5. The van der Waals surface area contributed by atoms with E-state index in [0.717, 1.165) is 30.1 Å². The van der Waals surface area contributed by atoms with Crippen molar-refractivity contribution in [3.05, 3.63) is 0 Å². The van der Waals surface area contributed by atoms with Gasteiger partial charge < -0.3 is 4.90 Å². The Balaban J connectivity index is 1.67. The van der Waals surface area contributed by atoms with Gasteiger partial charge in [-0.2, -0.15) is 5.26 Å². The molecule has 0 aliphatic heterocycles. The highest BCUT2D eigenvalue weighted by Gasteiger charge is 2.50. The molecule has 4 aliphatic rings. The maximum atomic E-state index is 12.5. The first-order valence-electron chi connectivity index (χ1n) is 8.27. The Morgan fingerprint density at radius 1 is 1.20 bits per heavy atom. The molecular weight excluding hydrogens is 248 g/mol. The summed E-state index contributed by atoms with van der Waals surface area (Å²) in [5.74, 6) is 3.45. The maximum Gasteiger partial charge on any atom is 0.223 e. The molecule has 1 atom stereocenters. The summed E-state index contributed by atoms with van der Waals surface area (Å²) < 4.78 is 0. The van der Waals surface area contributed by atoms with Crippen LogP contribution in [0.2, 0.25) is 0 Å². The monoisotopic (exact) mass is 274 g/mol. The molecule has 20 heavy (non-hydrogen) atoms. The van der Waals surface area contributed by atoms with E-state index in [9.17, 15) is 4.79 Å². The quantitative estimate of drug-likeness (QED) is 0.790. The van der Waals surface area contributed by atoms with Gasteiger partial charge in [-0.1, -0.05) is 6.92 Å². The number of hydrogen-bond donors (Lipinski definition) is 0. The van der Waals surface area contributed by atoms with Crippen LogP contribution in [0.15, 0.2) is 0 Å². The zero-order valence-electron chi connectivity index (χ0n) is 12.7. The van der Waals surface area contributed by atoms with Crippen LogP contribution >= 0.6 is 0 Å². The van der Waals surface area contributed by atoms with Crippen LogP contribution in [0.5, 0.6) is 0 Å². The Morgan fingerprint density at radius 2 is 1.75 bits per heavy atom. The van der Waals surface area contributed by atoms with E-state index in [1.165, 1.54) is 32.1 Å². The van der Waals surface area contributed by atoms with Gasteiger partial charge in [-0.15, -0.1) is 0 Å². The van der Waals surface area contributed by atoms with E-state index < -0.39 is 0 Å². The van der Waals surface area contributed by atoms with Gasteiger partial charge in [-0.25, -0.2) is 0 Å². The van der Waals surface area contributed by atoms with Crippen LogP contribution in [0.3, 0.4) is 0 Å². The molecule has 1 amide bonds. The van der Waals surface area contributed by atoms with Crippen molar-refractivity contribution in [1.29, 1.82) is 5.26 Å². The highest BCUT2D eigenvalue weighted by atomic mass is 16.2. The summed E-state index contributed by atoms with van der Waals surface area (Å²) in [7, 11) is 1.99. The van der Waals surface area contributed by atoms with Gasteiger partial charge in [-0.05, 0) is 62.2 Å². The molecule has 0 saturated heterocycles. The van der Waals surface area contributed by atoms with Crippen molar-refractivity contribution in [1.82, 2.24) is 4.90 Å². The third-order valence-electron chi connectivity index (χ3n) is 6.11. The second-order valence-electron chi connectivity index (χ2n) is 7.36. The van der Waals surface area contributed by atoms with Crippen LogP contribution in [-0.4, -0.2) is 23.9 Å².